The highest BCUT2D eigenvalue weighted by Gasteiger charge is 1.81. The Morgan fingerprint density at radius 1 is 1.40 bits per heavy atom. The Morgan fingerprint density at radius 2 is 2.30 bits per heavy atom. The Kier molecular flexibility index (Phi) is 2.62. The molecule has 2 nitrogen and oxygen atoms in total. The summed E-state index contributed by atoms with van der Waals surface area (Å²) >= 11 is 0. The van der Waals surface area contributed by atoms with Crippen molar-refractivity contribution in [2.45, 2.75) is 6.92 Å². The van der Waals surface area contributed by atoms with Crippen molar-refractivity contribution >= 4 is 0 Å². The van der Waals surface area contributed by atoms with E-state index in [0.29, 0.717) is 0 Å². The standard InChI is InChI=1S/C8H12N2/c1-8-4-2-3-5-9-6-7-10-8/h2-4,6-7,9-10H,5H2,1H3/b3-2-,7-6-,8-4-. The molecular weight excluding hydrogens is 124 g/mol. The topological polar surface area (TPSA) is 24.1 Å². The zero-order chi connectivity index (χ0) is 7.23. The summed E-state index contributed by atoms with van der Waals surface area (Å²) in [5.74, 6) is 0. The fourth-order valence-electron chi connectivity index (χ4n) is 0.697. The molecule has 10 heavy (non-hydrogen) atoms. The van der Waals surface area contributed by atoms with Crippen LogP contribution in [-0.4, -0.2) is 6.54 Å². The predicted octanol–water partition coefficient (Wildman–Crippen LogP) is 1.11. The van der Waals surface area contributed by atoms with Gasteiger partial charge in [-0.1, -0.05) is 12.2 Å². The van der Waals surface area contributed by atoms with Gasteiger partial charge in [0.2, 0.25) is 0 Å². The molecule has 0 spiro atoms. The Morgan fingerprint density at radius 3 is 3.20 bits per heavy atom. The summed E-state index contributed by atoms with van der Waals surface area (Å²) in [5.41, 5.74) is 1.15. The quantitative estimate of drug-likeness (QED) is 0.521. The second-order valence-corrected chi connectivity index (χ2v) is 2.16. The normalized spacial score (nSPS) is 29.1. The minimum absolute atomic E-state index is 0.891. The minimum Gasteiger partial charge on any atom is -0.386 e. The zero-order valence-electron chi connectivity index (χ0n) is 6.09. The van der Waals surface area contributed by atoms with Crippen LogP contribution in [0.3, 0.4) is 0 Å². The van der Waals surface area contributed by atoms with E-state index in [1.807, 2.05) is 31.5 Å². The number of hydrogen-bond donors (Lipinski definition) is 2. The third-order valence-corrected chi connectivity index (χ3v) is 1.23. The van der Waals surface area contributed by atoms with Gasteiger partial charge in [-0.15, -0.1) is 0 Å². The number of allylic oxidation sites excluding steroid dienone is 3. The van der Waals surface area contributed by atoms with E-state index >= 15 is 0 Å². The molecule has 0 aliphatic carbocycles. The minimum atomic E-state index is 0.891. The molecule has 0 atom stereocenters. The van der Waals surface area contributed by atoms with Crippen LogP contribution in [0.1, 0.15) is 6.92 Å². The van der Waals surface area contributed by atoms with Crippen molar-refractivity contribution in [3.8, 4) is 0 Å². The van der Waals surface area contributed by atoms with Crippen molar-refractivity contribution < 1.29 is 0 Å². The Hall–Kier alpha value is -1.18. The van der Waals surface area contributed by atoms with Crippen molar-refractivity contribution in [1.29, 1.82) is 0 Å². The summed E-state index contributed by atoms with van der Waals surface area (Å²) in [6.45, 7) is 2.92. The molecule has 0 amide bonds. The monoisotopic (exact) mass is 136 g/mol. The first kappa shape index (κ1) is 6.93. The zero-order valence-corrected chi connectivity index (χ0v) is 6.09. The fraction of sp³-hybridized carbons (Fsp3) is 0.250. The van der Waals surface area contributed by atoms with Crippen LogP contribution in [0, 0.1) is 0 Å². The van der Waals surface area contributed by atoms with Gasteiger partial charge in [-0.2, -0.15) is 0 Å². The average Bonchev–Trinajstić information content (AvgIpc) is 2.02. The van der Waals surface area contributed by atoms with Gasteiger partial charge in [-0.05, 0) is 13.0 Å². The van der Waals surface area contributed by atoms with Crippen molar-refractivity contribution in [1.82, 2.24) is 10.6 Å². The second kappa shape index (κ2) is 3.77. The molecule has 1 rings (SSSR count). The number of hydrogen-bond acceptors (Lipinski definition) is 2. The van der Waals surface area contributed by atoms with E-state index in [9.17, 15) is 0 Å². The van der Waals surface area contributed by atoms with E-state index in [0.717, 1.165) is 12.2 Å². The lowest BCUT2D eigenvalue weighted by Gasteiger charge is -1.96. The Balaban J connectivity index is 2.57. The molecule has 2 heteroatoms. The molecule has 0 fully saturated rings. The van der Waals surface area contributed by atoms with E-state index in [2.05, 4.69) is 16.7 Å². The van der Waals surface area contributed by atoms with Gasteiger partial charge in [-0.3, -0.25) is 0 Å². The van der Waals surface area contributed by atoms with Gasteiger partial charge in [0.05, 0.1) is 0 Å². The summed E-state index contributed by atoms with van der Waals surface area (Å²) < 4.78 is 0. The highest BCUT2D eigenvalue weighted by atomic mass is 14.9. The molecule has 0 bridgehead atoms. The first-order valence-corrected chi connectivity index (χ1v) is 3.38. The summed E-state index contributed by atoms with van der Waals surface area (Å²) in [6.07, 6.45) is 9.92. The molecule has 1 heterocycles. The van der Waals surface area contributed by atoms with E-state index in [4.69, 9.17) is 0 Å². The van der Waals surface area contributed by atoms with Crippen LogP contribution >= 0.6 is 0 Å². The van der Waals surface area contributed by atoms with Crippen molar-refractivity contribution in [2.24, 2.45) is 0 Å². The maximum Gasteiger partial charge on any atom is 0.0328 e. The number of nitrogens with one attached hydrogen (secondary N) is 2. The van der Waals surface area contributed by atoms with Crippen LogP contribution in [0.4, 0.5) is 0 Å². The second-order valence-electron chi connectivity index (χ2n) is 2.16. The Bertz CT molecular complexity index is 178. The lowest BCUT2D eigenvalue weighted by Crippen LogP contribution is -2.06. The highest BCUT2D eigenvalue weighted by Crippen LogP contribution is 1.88. The molecule has 54 valence electrons. The van der Waals surface area contributed by atoms with Gasteiger partial charge in [0, 0.05) is 24.6 Å². The average molecular weight is 136 g/mol. The van der Waals surface area contributed by atoms with E-state index in [1.54, 1.807) is 0 Å². The van der Waals surface area contributed by atoms with E-state index in [-0.39, 0.29) is 0 Å². The maximum atomic E-state index is 3.09. The van der Waals surface area contributed by atoms with Crippen LogP contribution in [0.2, 0.25) is 0 Å². The molecule has 0 saturated heterocycles. The Labute approximate surface area is 61.3 Å². The fourth-order valence-corrected chi connectivity index (χ4v) is 0.697. The molecule has 0 aromatic rings. The van der Waals surface area contributed by atoms with Crippen molar-refractivity contribution in [3.05, 3.63) is 36.3 Å². The predicted molar refractivity (Wildman–Crippen MR) is 43.2 cm³/mol. The molecule has 0 aromatic heterocycles. The van der Waals surface area contributed by atoms with Gasteiger partial charge in [-0.25, -0.2) is 0 Å². The molecule has 1 aliphatic rings. The summed E-state index contributed by atoms with van der Waals surface area (Å²) in [4.78, 5) is 0. The lowest BCUT2D eigenvalue weighted by atomic mass is 10.4. The summed E-state index contributed by atoms with van der Waals surface area (Å²) in [6, 6.07) is 0. The highest BCUT2D eigenvalue weighted by molar-refractivity contribution is 5.12. The van der Waals surface area contributed by atoms with Gasteiger partial charge < -0.3 is 10.6 Å². The maximum absolute atomic E-state index is 3.09. The number of rotatable bonds is 0. The van der Waals surface area contributed by atoms with Crippen molar-refractivity contribution in [3.63, 3.8) is 0 Å². The smallest absolute Gasteiger partial charge is 0.0328 e. The third kappa shape index (κ3) is 2.40. The molecule has 2 N–H and O–H groups in total. The molecule has 0 radical (unpaired) electrons. The lowest BCUT2D eigenvalue weighted by molar-refractivity contribution is 0.961. The van der Waals surface area contributed by atoms with Crippen LogP contribution in [-0.2, 0) is 0 Å². The van der Waals surface area contributed by atoms with Crippen LogP contribution in [0.15, 0.2) is 36.3 Å². The third-order valence-electron chi connectivity index (χ3n) is 1.23. The largest absolute Gasteiger partial charge is 0.386 e. The van der Waals surface area contributed by atoms with Crippen LogP contribution in [0.5, 0.6) is 0 Å². The summed E-state index contributed by atoms with van der Waals surface area (Å²) in [5, 5.41) is 6.18. The SMILES string of the molecule is C/C1=C/C=C\CN/C=C\N1. The van der Waals surface area contributed by atoms with Gasteiger partial charge >= 0.3 is 0 Å². The van der Waals surface area contributed by atoms with Crippen LogP contribution < -0.4 is 10.6 Å². The first-order chi connectivity index (χ1) is 4.89. The molecule has 1 aliphatic heterocycles. The molecule has 0 saturated carbocycles. The molecular formula is C8H12N2. The van der Waals surface area contributed by atoms with E-state index < -0.39 is 0 Å². The van der Waals surface area contributed by atoms with E-state index in [1.165, 1.54) is 0 Å². The summed E-state index contributed by atoms with van der Waals surface area (Å²) in [7, 11) is 0. The van der Waals surface area contributed by atoms with Crippen LogP contribution in [0.25, 0.3) is 0 Å². The van der Waals surface area contributed by atoms with Gasteiger partial charge in [0.15, 0.2) is 0 Å². The molecule has 0 unspecified atom stereocenters. The first-order valence-electron chi connectivity index (χ1n) is 3.38. The van der Waals surface area contributed by atoms with Crippen molar-refractivity contribution in [2.75, 3.05) is 6.54 Å². The van der Waals surface area contributed by atoms with Gasteiger partial charge in [0.25, 0.3) is 0 Å². The van der Waals surface area contributed by atoms with Gasteiger partial charge in [0.1, 0.15) is 0 Å². The molecule has 0 aromatic carbocycles.